The lowest BCUT2D eigenvalue weighted by Gasteiger charge is -2.28. The van der Waals surface area contributed by atoms with Gasteiger partial charge in [-0.2, -0.15) is 0 Å². The fourth-order valence-corrected chi connectivity index (χ4v) is 1.31. The molecule has 1 amide bonds. The molecule has 1 aliphatic heterocycles. The average molecular weight is 191 g/mol. The van der Waals surface area contributed by atoms with E-state index in [0.717, 1.165) is 11.4 Å². The Morgan fingerprint density at radius 2 is 1.86 bits per heavy atom. The highest BCUT2D eigenvalue weighted by Crippen LogP contribution is 2.22. The summed E-state index contributed by atoms with van der Waals surface area (Å²) in [6.07, 6.45) is 0. The molecule has 1 aliphatic rings. The van der Waals surface area contributed by atoms with Crippen molar-refractivity contribution in [1.82, 2.24) is 0 Å². The van der Waals surface area contributed by atoms with Crippen molar-refractivity contribution >= 4 is 17.4 Å². The number of nitrogens with zero attached hydrogens (tertiary/aromatic N) is 1. The number of hydrogen-bond acceptors (Lipinski definition) is 3. The van der Waals surface area contributed by atoms with Gasteiger partial charge < -0.3 is 4.74 Å². The van der Waals surface area contributed by atoms with Gasteiger partial charge in [0.15, 0.2) is 0 Å². The highest BCUT2D eigenvalue weighted by molar-refractivity contribution is 6.50. The van der Waals surface area contributed by atoms with Gasteiger partial charge in [-0.15, -0.1) is 0 Å². The zero-order valence-electron chi connectivity index (χ0n) is 7.69. The molecule has 1 heterocycles. The quantitative estimate of drug-likeness (QED) is 0.508. The summed E-state index contributed by atoms with van der Waals surface area (Å²) in [5, 5.41) is 0. The molecule has 0 N–H and O–H groups in total. The Kier molecular flexibility index (Phi) is 1.96. The first-order valence-electron chi connectivity index (χ1n) is 4.21. The first-order valence-corrected chi connectivity index (χ1v) is 4.21. The van der Waals surface area contributed by atoms with Crippen LogP contribution in [0.4, 0.5) is 5.69 Å². The van der Waals surface area contributed by atoms with Crippen LogP contribution in [0.5, 0.6) is 5.75 Å². The molecule has 1 aromatic rings. The summed E-state index contributed by atoms with van der Waals surface area (Å²) in [5.41, 5.74) is 0.732. The van der Waals surface area contributed by atoms with E-state index in [1.807, 2.05) is 0 Å². The summed E-state index contributed by atoms with van der Waals surface area (Å²) in [6, 6.07) is 7.02. The summed E-state index contributed by atoms with van der Waals surface area (Å²) >= 11 is 0. The summed E-state index contributed by atoms with van der Waals surface area (Å²) in [5.74, 6) is -0.0379. The van der Waals surface area contributed by atoms with Crippen molar-refractivity contribution in [2.24, 2.45) is 0 Å². The van der Waals surface area contributed by atoms with Crippen molar-refractivity contribution < 1.29 is 14.3 Å². The third kappa shape index (κ3) is 1.25. The van der Waals surface area contributed by atoms with Gasteiger partial charge in [0, 0.05) is 5.69 Å². The number of ketones is 1. The number of anilines is 1. The molecular weight excluding hydrogens is 182 g/mol. The van der Waals surface area contributed by atoms with E-state index in [0.29, 0.717) is 0 Å². The van der Waals surface area contributed by atoms with Gasteiger partial charge in [-0.3, -0.25) is 14.5 Å². The molecule has 0 saturated carbocycles. The lowest BCUT2D eigenvalue weighted by atomic mass is 10.1. The molecule has 1 fully saturated rings. The van der Waals surface area contributed by atoms with E-state index in [-0.39, 0.29) is 12.3 Å². The predicted octanol–water partition coefficient (Wildman–Crippen LogP) is 0.611. The second kappa shape index (κ2) is 3.14. The zero-order chi connectivity index (χ0) is 10.1. The largest absolute Gasteiger partial charge is 0.497 e. The maximum atomic E-state index is 11.1. The topological polar surface area (TPSA) is 46.6 Å². The Bertz CT molecular complexity index is 383. The normalized spacial score (nSPS) is 15.4. The number of rotatable bonds is 2. The van der Waals surface area contributed by atoms with Crippen LogP contribution in [0.15, 0.2) is 24.3 Å². The fraction of sp³-hybridized carbons (Fsp3) is 0.200. The molecule has 0 aliphatic carbocycles. The number of benzene rings is 1. The highest BCUT2D eigenvalue weighted by Gasteiger charge is 2.35. The molecule has 4 heteroatoms. The Morgan fingerprint density at radius 1 is 1.21 bits per heavy atom. The van der Waals surface area contributed by atoms with E-state index in [1.54, 1.807) is 31.4 Å². The minimum Gasteiger partial charge on any atom is -0.497 e. The number of hydrogen-bond donors (Lipinski definition) is 0. The first kappa shape index (κ1) is 8.74. The lowest BCUT2D eigenvalue weighted by molar-refractivity contribution is -0.140. The van der Waals surface area contributed by atoms with Crippen LogP contribution in [0.1, 0.15) is 0 Å². The number of carbonyl (C=O) groups is 2. The van der Waals surface area contributed by atoms with Gasteiger partial charge in [0.1, 0.15) is 5.75 Å². The summed E-state index contributed by atoms with van der Waals surface area (Å²) in [7, 11) is 1.58. The van der Waals surface area contributed by atoms with Crippen molar-refractivity contribution in [3.8, 4) is 5.75 Å². The smallest absolute Gasteiger partial charge is 0.296 e. The number of methoxy groups -OCH3 is 1. The molecule has 0 aromatic heterocycles. The number of ether oxygens (including phenoxy) is 1. The Hall–Kier alpha value is -1.84. The van der Waals surface area contributed by atoms with Crippen LogP contribution < -0.4 is 9.64 Å². The third-order valence-electron chi connectivity index (χ3n) is 2.17. The molecule has 14 heavy (non-hydrogen) atoms. The molecule has 0 atom stereocenters. The van der Waals surface area contributed by atoms with Crippen LogP contribution in [-0.4, -0.2) is 25.3 Å². The molecule has 0 unspecified atom stereocenters. The van der Waals surface area contributed by atoms with Crippen molar-refractivity contribution in [2.45, 2.75) is 0 Å². The van der Waals surface area contributed by atoms with Crippen molar-refractivity contribution in [1.29, 1.82) is 0 Å². The van der Waals surface area contributed by atoms with E-state index >= 15 is 0 Å². The number of carbonyl (C=O) groups excluding carboxylic acids is 2. The minimum absolute atomic E-state index is 0.186. The predicted molar refractivity (Wildman–Crippen MR) is 50.4 cm³/mol. The maximum Gasteiger partial charge on any atom is 0.296 e. The Balaban J connectivity index is 2.18. The molecule has 72 valence electrons. The van der Waals surface area contributed by atoms with Gasteiger partial charge in [0.25, 0.3) is 5.91 Å². The van der Waals surface area contributed by atoms with Gasteiger partial charge in [0.05, 0.1) is 13.7 Å². The van der Waals surface area contributed by atoms with Crippen LogP contribution >= 0.6 is 0 Å². The molecule has 0 bridgehead atoms. The lowest BCUT2D eigenvalue weighted by Crippen LogP contribution is -2.53. The maximum absolute atomic E-state index is 11.1. The highest BCUT2D eigenvalue weighted by atomic mass is 16.5. The van der Waals surface area contributed by atoms with E-state index in [1.165, 1.54) is 4.90 Å². The van der Waals surface area contributed by atoms with Gasteiger partial charge in [0.2, 0.25) is 5.78 Å². The van der Waals surface area contributed by atoms with Crippen molar-refractivity contribution in [3.63, 3.8) is 0 Å². The molecule has 1 aromatic carbocycles. The number of Topliss-reactive ketones (excluding diaryl/α,β-unsaturated/α-hetero) is 1. The molecule has 2 rings (SSSR count). The second-order valence-electron chi connectivity index (χ2n) is 3.01. The van der Waals surface area contributed by atoms with E-state index in [2.05, 4.69) is 0 Å². The molecule has 0 radical (unpaired) electrons. The van der Waals surface area contributed by atoms with Crippen LogP contribution in [-0.2, 0) is 9.59 Å². The first-order chi connectivity index (χ1) is 6.72. The summed E-state index contributed by atoms with van der Waals surface area (Å²) in [4.78, 5) is 23.2. The molecule has 1 saturated heterocycles. The van der Waals surface area contributed by atoms with Gasteiger partial charge in [-0.1, -0.05) is 0 Å². The van der Waals surface area contributed by atoms with Gasteiger partial charge >= 0.3 is 0 Å². The summed E-state index contributed by atoms with van der Waals surface area (Å²) < 4.78 is 4.98. The second-order valence-corrected chi connectivity index (χ2v) is 3.01. The third-order valence-corrected chi connectivity index (χ3v) is 2.17. The van der Waals surface area contributed by atoms with Gasteiger partial charge in [-0.05, 0) is 24.3 Å². The molecule has 4 nitrogen and oxygen atoms in total. The average Bonchev–Trinajstić information content (AvgIpc) is 2.25. The van der Waals surface area contributed by atoms with Crippen molar-refractivity contribution in [2.75, 3.05) is 18.6 Å². The fourth-order valence-electron chi connectivity index (χ4n) is 1.31. The SMILES string of the molecule is COc1ccc(N2CC(=O)C2=O)cc1. The van der Waals surface area contributed by atoms with E-state index in [9.17, 15) is 9.59 Å². The van der Waals surface area contributed by atoms with E-state index < -0.39 is 5.91 Å². The zero-order valence-corrected chi connectivity index (χ0v) is 7.69. The number of β-lactam (4-membered cyclic amide) rings is 1. The Labute approximate surface area is 81.1 Å². The molecule has 0 spiro atoms. The van der Waals surface area contributed by atoms with Crippen molar-refractivity contribution in [3.05, 3.63) is 24.3 Å². The molecular formula is C10H9NO3. The Morgan fingerprint density at radius 3 is 2.29 bits per heavy atom. The van der Waals surface area contributed by atoms with Crippen LogP contribution in [0, 0.1) is 0 Å². The van der Waals surface area contributed by atoms with Crippen LogP contribution in [0.2, 0.25) is 0 Å². The van der Waals surface area contributed by atoms with Crippen LogP contribution in [0.3, 0.4) is 0 Å². The minimum atomic E-state index is -0.435. The van der Waals surface area contributed by atoms with Crippen LogP contribution in [0.25, 0.3) is 0 Å². The standard InChI is InChI=1S/C10H9NO3/c1-14-8-4-2-7(3-5-8)11-6-9(12)10(11)13/h2-5H,6H2,1H3. The van der Waals surface area contributed by atoms with Gasteiger partial charge in [-0.25, -0.2) is 0 Å². The number of amides is 1. The summed E-state index contributed by atoms with van der Waals surface area (Å²) in [6.45, 7) is 0.186. The monoisotopic (exact) mass is 191 g/mol. The van der Waals surface area contributed by atoms with E-state index in [4.69, 9.17) is 4.74 Å².